The van der Waals surface area contributed by atoms with Crippen molar-refractivity contribution in [1.82, 2.24) is 14.5 Å². The largest absolute Gasteiger partial charge is 0.456 e. The topological polar surface area (TPSA) is 89.0 Å². The molecule has 3 aromatic heterocycles. The lowest BCUT2D eigenvalue weighted by Crippen LogP contribution is -2.28. The molecule has 0 radical (unpaired) electrons. The van der Waals surface area contributed by atoms with Gasteiger partial charge < -0.3 is 15.0 Å². The van der Waals surface area contributed by atoms with Crippen LogP contribution < -0.4 is 15.6 Å². The molecule has 174 valence electrons. The predicted molar refractivity (Wildman–Crippen MR) is 122 cm³/mol. The third kappa shape index (κ3) is 4.24. The summed E-state index contributed by atoms with van der Waals surface area (Å²) in [4.78, 5) is 32.5. The molecule has 0 aliphatic heterocycles. The van der Waals surface area contributed by atoms with Crippen LogP contribution in [0.4, 0.5) is 18.9 Å². The lowest BCUT2D eigenvalue weighted by atomic mass is 10.2. The summed E-state index contributed by atoms with van der Waals surface area (Å²) in [5, 5.41) is 2.72. The number of aromatic amines is 1. The molecule has 2 N–H and O–H groups in total. The number of hydrogen-bond donors (Lipinski definition) is 2. The quantitative estimate of drug-likeness (QED) is 0.366. The van der Waals surface area contributed by atoms with Gasteiger partial charge in [-0.3, -0.25) is 14.2 Å². The molecule has 0 aliphatic carbocycles. The highest BCUT2D eigenvalue weighted by Crippen LogP contribution is 2.32. The molecular formula is C25H15F3N4O3. The Hall–Kier alpha value is -4.86. The Bertz CT molecular complexity index is 1600. The average Bonchev–Trinajstić information content (AvgIpc) is 3.32. The van der Waals surface area contributed by atoms with E-state index in [0.29, 0.717) is 22.5 Å². The van der Waals surface area contributed by atoms with Crippen molar-refractivity contribution in [3.8, 4) is 17.2 Å². The molecule has 0 saturated heterocycles. The zero-order valence-electron chi connectivity index (χ0n) is 17.8. The standard InChI is InChI=1S/C25H15F3N4O3/c26-14-3-5-15(6-4-14)32-11-1-2-18(25(32)34)24(33)31-22-19(27)12-16(13-20(22)28)35-21-8-10-30-23-17(21)7-9-29-23/h1-13H,(H,29,30)(H,31,33). The van der Waals surface area contributed by atoms with Crippen molar-refractivity contribution < 1.29 is 22.7 Å². The number of anilines is 1. The van der Waals surface area contributed by atoms with E-state index in [2.05, 4.69) is 15.3 Å². The van der Waals surface area contributed by atoms with E-state index in [1.807, 2.05) is 0 Å². The molecule has 0 aliphatic rings. The van der Waals surface area contributed by atoms with Crippen LogP contribution in [0.5, 0.6) is 11.5 Å². The van der Waals surface area contributed by atoms with E-state index in [-0.39, 0.29) is 11.3 Å². The molecule has 0 bridgehead atoms. The van der Waals surface area contributed by atoms with Crippen LogP contribution in [0.1, 0.15) is 10.4 Å². The van der Waals surface area contributed by atoms with Gasteiger partial charge in [0.1, 0.15) is 34.2 Å². The second-order valence-corrected chi connectivity index (χ2v) is 7.44. The van der Waals surface area contributed by atoms with Gasteiger partial charge in [-0.25, -0.2) is 18.2 Å². The van der Waals surface area contributed by atoms with Gasteiger partial charge in [0.2, 0.25) is 0 Å². The van der Waals surface area contributed by atoms with Crippen molar-refractivity contribution in [2.75, 3.05) is 5.32 Å². The zero-order valence-corrected chi connectivity index (χ0v) is 17.8. The maximum absolute atomic E-state index is 14.8. The number of pyridine rings is 2. The minimum atomic E-state index is -1.09. The summed E-state index contributed by atoms with van der Waals surface area (Å²) in [5.41, 5.74) is -0.979. The molecule has 1 amide bonds. The molecule has 0 fully saturated rings. The van der Waals surface area contributed by atoms with Gasteiger partial charge in [-0.15, -0.1) is 0 Å². The van der Waals surface area contributed by atoms with Gasteiger partial charge in [0, 0.05) is 36.4 Å². The molecule has 3 heterocycles. The molecule has 5 aromatic rings. The fourth-order valence-electron chi connectivity index (χ4n) is 3.53. The van der Waals surface area contributed by atoms with E-state index in [1.54, 1.807) is 18.3 Å². The third-order valence-electron chi connectivity index (χ3n) is 5.20. The highest BCUT2D eigenvalue weighted by molar-refractivity contribution is 6.04. The smallest absolute Gasteiger partial charge is 0.267 e. The normalized spacial score (nSPS) is 10.9. The number of amides is 1. The molecule has 35 heavy (non-hydrogen) atoms. The number of ether oxygens (including phenoxy) is 1. The molecule has 2 aromatic carbocycles. The van der Waals surface area contributed by atoms with E-state index in [9.17, 15) is 22.8 Å². The van der Waals surface area contributed by atoms with Crippen molar-refractivity contribution >= 4 is 22.6 Å². The minimum Gasteiger partial charge on any atom is -0.456 e. The van der Waals surface area contributed by atoms with E-state index in [0.717, 1.165) is 28.8 Å². The fourth-order valence-corrected chi connectivity index (χ4v) is 3.53. The van der Waals surface area contributed by atoms with Crippen LogP contribution in [0.2, 0.25) is 0 Å². The highest BCUT2D eigenvalue weighted by atomic mass is 19.1. The van der Waals surface area contributed by atoms with Gasteiger partial charge in [-0.1, -0.05) is 0 Å². The lowest BCUT2D eigenvalue weighted by Gasteiger charge is -2.12. The number of fused-ring (bicyclic) bond motifs is 1. The second-order valence-electron chi connectivity index (χ2n) is 7.44. The first kappa shape index (κ1) is 22.0. The van der Waals surface area contributed by atoms with Crippen molar-refractivity contribution in [3.63, 3.8) is 0 Å². The number of carbonyl (C=O) groups excluding carboxylic acids is 1. The van der Waals surface area contributed by atoms with E-state index in [4.69, 9.17) is 4.74 Å². The maximum Gasteiger partial charge on any atom is 0.267 e. The summed E-state index contributed by atoms with van der Waals surface area (Å²) >= 11 is 0. The van der Waals surface area contributed by atoms with Gasteiger partial charge in [-0.05, 0) is 48.5 Å². The minimum absolute atomic E-state index is 0.134. The Kier molecular flexibility index (Phi) is 5.54. The molecule has 0 unspecified atom stereocenters. The predicted octanol–water partition coefficient (Wildman–Crippen LogP) is 5.18. The Morgan fingerprint density at radius 1 is 1.00 bits per heavy atom. The van der Waals surface area contributed by atoms with Crippen molar-refractivity contribution in [1.29, 1.82) is 0 Å². The Morgan fingerprint density at radius 3 is 2.49 bits per heavy atom. The van der Waals surface area contributed by atoms with Crippen LogP contribution in [0, 0.1) is 17.5 Å². The molecule has 0 saturated carbocycles. The van der Waals surface area contributed by atoms with Crippen LogP contribution in [-0.4, -0.2) is 20.4 Å². The van der Waals surface area contributed by atoms with Crippen LogP contribution >= 0.6 is 0 Å². The van der Waals surface area contributed by atoms with Gasteiger partial charge in [0.25, 0.3) is 11.5 Å². The molecule has 10 heteroatoms. The van der Waals surface area contributed by atoms with E-state index in [1.165, 1.54) is 36.7 Å². The van der Waals surface area contributed by atoms with E-state index >= 15 is 0 Å². The first-order chi connectivity index (χ1) is 16.9. The Balaban J connectivity index is 1.41. The molecular weight excluding hydrogens is 461 g/mol. The van der Waals surface area contributed by atoms with Gasteiger partial charge in [-0.2, -0.15) is 0 Å². The maximum atomic E-state index is 14.8. The zero-order chi connectivity index (χ0) is 24.5. The van der Waals surface area contributed by atoms with Crippen molar-refractivity contribution in [3.05, 3.63) is 113 Å². The van der Waals surface area contributed by atoms with E-state index < -0.39 is 34.6 Å². The number of nitrogens with zero attached hydrogens (tertiary/aromatic N) is 2. The van der Waals surface area contributed by atoms with Crippen LogP contribution in [-0.2, 0) is 0 Å². The number of rotatable bonds is 5. The summed E-state index contributed by atoms with van der Waals surface area (Å²) in [6.45, 7) is 0. The first-order valence-corrected chi connectivity index (χ1v) is 10.3. The average molecular weight is 476 g/mol. The summed E-state index contributed by atoms with van der Waals surface area (Å²) in [6.07, 6.45) is 4.52. The fraction of sp³-hybridized carbons (Fsp3) is 0. The molecule has 0 spiro atoms. The number of H-pyrrole nitrogens is 1. The van der Waals surface area contributed by atoms with Crippen LogP contribution in [0.3, 0.4) is 0 Å². The second kappa shape index (κ2) is 8.82. The SMILES string of the molecule is O=C(Nc1c(F)cc(Oc2ccnc3[nH]ccc23)cc1F)c1cccn(-c2ccc(F)cc2)c1=O. The monoisotopic (exact) mass is 476 g/mol. The Labute approximate surface area is 195 Å². The number of benzene rings is 2. The van der Waals surface area contributed by atoms with Gasteiger partial charge in [0.05, 0.1) is 5.39 Å². The molecule has 5 rings (SSSR count). The third-order valence-corrected chi connectivity index (χ3v) is 5.20. The number of halogens is 3. The number of aromatic nitrogens is 3. The van der Waals surface area contributed by atoms with Crippen LogP contribution in [0.25, 0.3) is 16.7 Å². The van der Waals surface area contributed by atoms with Crippen molar-refractivity contribution in [2.45, 2.75) is 0 Å². The Morgan fingerprint density at radius 2 is 1.74 bits per heavy atom. The molecule has 0 atom stereocenters. The summed E-state index contributed by atoms with van der Waals surface area (Å²) < 4.78 is 49.4. The number of carbonyl (C=O) groups is 1. The summed E-state index contributed by atoms with van der Waals surface area (Å²) in [7, 11) is 0. The van der Waals surface area contributed by atoms with Gasteiger partial charge in [0.15, 0.2) is 11.6 Å². The highest BCUT2D eigenvalue weighted by Gasteiger charge is 2.19. The van der Waals surface area contributed by atoms with Crippen molar-refractivity contribution in [2.24, 2.45) is 0 Å². The lowest BCUT2D eigenvalue weighted by molar-refractivity contribution is 0.102. The first-order valence-electron chi connectivity index (χ1n) is 10.3. The summed E-state index contributed by atoms with van der Waals surface area (Å²) in [6, 6.07) is 12.8. The number of nitrogens with one attached hydrogen (secondary N) is 2. The number of hydrogen-bond acceptors (Lipinski definition) is 4. The van der Waals surface area contributed by atoms with Gasteiger partial charge >= 0.3 is 0 Å². The van der Waals surface area contributed by atoms with Crippen LogP contribution in [0.15, 0.2) is 84.0 Å². The summed E-state index contributed by atoms with van der Waals surface area (Å²) in [5.74, 6) is -3.50. The molecule has 7 nitrogen and oxygen atoms in total.